The van der Waals surface area contributed by atoms with Crippen LogP contribution in [0, 0.1) is 6.92 Å². The summed E-state index contributed by atoms with van der Waals surface area (Å²) in [4.78, 5) is 18.9. The van der Waals surface area contributed by atoms with Crippen LogP contribution in [0.2, 0.25) is 5.02 Å². The lowest BCUT2D eigenvalue weighted by Crippen LogP contribution is -2.32. The molecule has 0 atom stereocenters. The molecule has 3 N–H and O–H groups in total. The van der Waals surface area contributed by atoms with Gasteiger partial charge in [-0.15, -0.1) is 0 Å². The first-order valence-electron chi connectivity index (χ1n) is 7.27. The van der Waals surface area contributed by atoms with Gasteiger partial charge in [-0.2, -0.15) is 0 Å². The molecule has 5 nitrogen and oxygen atoms in total. The maximum absolute atomic E-state index is 11.0. The van der Waals surface area contributed by atoms with Crippen LogP contribution in [0.1, 0.15) is 12.5 Å². The van der Waals surface area contributed by atoms with Crippen LogP contribution in [0.15, 0.2) is 36.4 Å². The van der Waals surface area contributed by atoms with Gasteiger partial charge in [-0.05, 0) is 49.0 Å². The topological polar surface area (TPSA) is 69.8 Å². The Morgan fingerprint density at radius 2 is 2.08 bits per heavy atom. The number of aromatic nitrogens is 2. The predicted octanol–water partition coefficient (Wildman–Crippen LogP) is 4.02. The fourth-order valence-corrected chi connectivity index (χ4v) is 2.76. The first-order chi connectivity index (χ1) is 11.4. The Kier molecular flexibility index (Phi) is 4.51. The van der Waals surface area contributed by atoms with Crippen LogP contribution in [0.5, 0.6) is 0 Å². The van der Waals surface area contributed by atoms with E-state index in [9.17, 15) is 4.79 Å². The van der Waals surface area contributed by atoms with Crippen LogP contribution in [0.4, 0.5) is 5.69 Å². The Hall–Kier alpha value is -2.44. The summed E-state index contributed by atoms with van der Waals surface area (Å²) >= 11 is 11.2. The molecule has 0 spiro atoms. The average Bonchev–Trinajstić information content (AvgIpc) is 2.90. The molecule has 0 radical (unpaired) electrons. The second kappa shape index (κ2) is 6.59. The maximum Gasteiger partial charge on any atom is 0.222 e. The molecular formula is C17H15ClN4OS. The van der Waals surface area contributed by atoms with E-state index in [1.165, 1.54) is 6.92 Å². The lowest BCUT2D eigenvalue weighted by Gasteiger charge is -2.08. The highest BCUT2D eigenvalue weighted by Crippen LogP contribution is 2.26. The van der Waals surface area contributed by atoms with Crippen molar-refractivity contribution in [3.8, 4) is 11.4 Å². The van der Waals surface area contributed by atoms with Crippen LogP contribution < -0.4 is 10.6 Å². The summed E-state index contributed by atoms with van der Waals surface area (Å²) in [6.07, 6.45) is 0. The van der Waals surface area contributed by atoms with E-state index in [0.29, 0.717) is 5.02 Å². The minimum atomic E-state index is -0.215. The van der Waals surface area contributed by atoms with Crippen LogP contribution in [0.3, 0.4) is 0 Å². The number of hydrogen-bond acceptors (Lipinski definition) is 3. The second-order valence-electron chi connectivity index (χ2n) is 5.42. The first kappa shape index (κ1) is 16.4. The van der Waals surface area contributed by atoms with Crippen molar-refractivity contribution in [1.29, 1.82) is 0 Å². The van der Waals surface area contributed by atoms with Gasteiger partial charge in [0, 0.05) is 23.2 Å². The number of nitrogens with zero attached hydrogens (tertiary/aromatic N) is 1. The van der Waals surface area contributed by atoms with Crippen molar-refractivity contribution in [2.75, 3.05) is 5.32 Å². The normalized spacial score (nSPS) is 10.6. The summed E-state index contributed by atoms with van der Waals surface area (Å²) in [7, 11) is 0. The van der Waals surface area contributed by atoms with E-state index < -0.39 is 0 Å². The van der Waals surface area contributed by atoms with E-state index in [2.05, 4.69) is 20.6 Å². The number of aromatic amines is 1. The number of imidazole rings is 1. The largest absolute Gasteiger partial charge is 0.338 e. The van der Waals surface area contributed by atoms with Gasteiger partial charge in [0.15, 0.2) is 5.11 Å². The van der Waals surface area contributed by atoms with Crippen LogP contribution in [-0.2, 0) is 4.79 Å². The standard InChI is InChI=1S/C17H15ClN4OS/c1-9-6-14-15(8-13(9)18)22-16(21-14)11-4-3-5-12(7-11)20-17(24)19-10(2)23/h3-8H,1-2H3,(H,21,22)(H2,19,20,23,24). The molecule has 1 heterocycles. The zero-order valence-corrected chi connectivity index (χ0v) is 14.7. The Morgan fingerprint density at radius 3 is 2.83 bits per heavy atom. The molecule has 0 aliphatic heterocycles. The van der Waals surface area contributed by atoms with Crippen LogP contribution >= 0.6 is 23.8 Å². The number of thiocarbonyl (C=S) groups is 1. The molecule has 0 aliphatic rings. The number of carbonyl (C=O) groups is 1. The van der Waals surface area contributed by atoms with Crippen molar-refractivity contribution < 1.29 is 4.79 Å². The molecule has 122 valence electrons. The van der Waals surface area contributed by atoms with Gasteiger partial charge < -0.3 is 15.6 Å². The first-order valence-corrected chi connectivity index (χ1v) is 8.06. The molecular weight excluding hydrogens is 344 g/mol. The minimum absolute atomic E-state index is 0.215. The molecule has 3 aromatic rings. The van der Waals surface area contributed by atoms with E-state index in [-0.39, 0.29) is 11.0 Å². The summed E-state index contributed by atoms with van der Waals surface area (Å²) in [6, 6.07) is 11.4. The number of hydrogen-bond donors (Lipinski definition) is 3. The zero-order valence-electron chi connectivity index (χ0n) is 13.1. The van der Waals surface area contributed by atoms with Gasteiger partial charge >= 0.3 is 0 Å². The lowest BCUT2D eigenvalue weighted by molar-refractivity contribution is -0.117. The van der Waals surface area contributed by atoms with Gasteiger partial charge in [0.25, 0.3) is 0 Å². The number of aryl methyl sites for hydroxylation is 1. The highest BCUT2D eigenvalue weighted by Gasteiger charge is 2.08. The van der Waals surface area contributed by atoms with Gasteiger partial charge in [0.2, 0.25) is 5.91 Å². The van der Waals surface area contributed by atoms with Gasteiger partial charge in [-0.3, -0.25) is 4.79 Å². The van der Waals surface area contributed by atoms with Gasteiger partial charge in [-0.25, -0.2) is 4.98 Å². The highest BCUT2D eigenvalue weighted by atomic mass is 35.5. The Morgan fingerprint density at radius 1 is 1.29 bits per heavy atom. The molecule has 0 saturated heterocycles. The Balaban J connectivity index is 1.91. The molecule has 2 aromatic carbocycles. The predicted molar refractivity (Wildman–Crippen MR) is 101 cm³/mol. The third kappa shape index (κ3) is 3.55. The monoisotopic (exact) mass is 358 g/mol. The molecule has 1 aromatic heterocycles. The quantitative estimate of drug-likeness (QED) is 0.605. The Bertz CT molecular complexity index is 912. The number of fused-ring (bicyclic) bond motifs is 1. The number of benzene rings is 2. The summed E-state index contributed by atoms with van der Waals surface area (Å²) in [6.45, 7) is 3.36. The SMILES string of the molecule is CC(=O)NC(=S)Nc1cccc(-c2nc3cc(Cl)c(C)cc3[nH]2)c1. The number of carbonyl (C=O) groups excluding carboxylic acids is 1. The number of amides is 1. The third-order valence-electron chi connectivity index (χ3n) is 3.45. The lowest BCUT2D eigenvalue weighted by atomic mass is 10.2. The van der Waals surface area contributed by atoms with Crippen molar-refractivity contribution in [2.45, 2.75) is 13.8 Å². The van der Waals surface area contributed by atoms with Crippen molar-refractivity contribution >= 4 is 51.6 Å². The van der Waals surface area contributed by atoms with Gasteiger partial charge in [0.1, 0.15) is 5.82 Å². The summed E-state index contributed by atoms with van der Waals surface area (Å²) in [5.41, 5.74) is 4.40. The Labute approximate surface area is 149 Å². The number of rotatable bonds is 2. The summed E-state index contributed by atoms with van der Waals surface area (Å²) in [5.74, 6) is 0.522. The van der Waals surface area contributed by atoms with E-state index in [0.717, 1.165) is 33.7 Å². The van der Waals surface area contributed by atoms with Crippen LogP contribution in [-0.4, -0.2) is 21.0 Å². The van der Waals surface area contributed by atoms with E-state index in [4.69, 9.17) is 23.8 Å². The number of nitrogens with one attached hydrogen (secondary N) is 3. The number of halogens is 1. The number of anilines is 1. The average molecular weight is 359 g/mol. The van der Waals surface area contributed by atoms with E-state index >= 15 is 0 Å². The third-order valence-corrected chi connectivity index (χ3v) is 4.06. The molecule has 0 saturated carbocycles. The zero-order chi connectivity index (χ0) is 17.3. The summed E-state index contributed by atoms with van der Waals surface area (Å²) < 4.78 is 0. The molecule has 0 fully saturated rings. The van der Waals surface area contributed by atoms with E-state index in [1.54, 1.807) is 0 Å². The van der Waals surface area contributed by atoms with Crippen LogP contribution in [0.25, 0.3) is 22.4 Å². The molecule has 0 bridgehead atoms. The maximum atomic E-state index is 11.0. The molecule has 1 amide bonds. The second-order valence-corrected chi connectivity index (χ2v) is 6.24. The number of H-pyrrole nitrogens is 1. The van der Waals surface area contributed by atoms with Crippen molar-refractivity contribution in [3.63, 3.8) is 0 Å². The molecule has 0 aliphatic carbocycles. The van der Waals surface area contributed by atoms with Crippen molar-refractivity contribution in [2.24, 2.45) is 0 Å². The molecule has 24 heavy (non-hydrogen) atoms. The van der Waals surface area contributed by atoms with E-state index in [1.807, 2.05) is 43.3 Å². The smallest absolute Gasteiger partial charge is 0.222 e. The molecule has 3 rings (SSSR count). The van der Waals surface area contributed by atoms with Crippen molar-refractivity contribution in [3.05, 3.63) is 47.0 Å². The summed E-state index contributed by atoms with van der Waals surface area (Å²) in [5, 5.41) is 6.45. The fourth-order valence-electron chi connectivity index (χ4n) is 2.34. The fraction of sp³-hybridized carbons (Fsp3) is 0.118. The van der Waals surface area contributed by atoms with Gasteiger partial charge in [0.05, 0.1) is 11.0 Å². The molecule has 0 unspecified atom stereocenters. The highest BCUT2D eigenvalue weighted by molar-refractivity contribution is 7.80. The van der Waals surface area contributed by atoms with Crippen molar-refractivity contribution in [1.82, 2.24) is 15.3 Å². The van der Waals surface area contributed by atoms with Gasteiger partial charge in [-0.1, -0.05) is 23.7 Å². The molecule has 7 heteroatoms. The minimum Gasteiger partial charge on any atom is -0.338 e.